The highest BCUT2D eigenvalue weighted by Crippen LogP contribution is 2.32. The highest BCUT2D eigenvalue weighted by atomic mass is 32.1. The number of hydrogen-bond acceptors (Lipinski definition) is 3. The van der Waals surface area contributed by atoms with E-state index in [9.17, 15) is 0 Å². The third-order valence-electron chi connectivity index (χ3n) is 4.24. The van der Waals surface area contributed by atoms with Crippen LogP contribution in [0.1, 0.15) is 35.0 Å². The summed E-state index contributed by atoms with van der Waals surface area (Å²) in [4.78, 5) is 8.13. The summed E-state index contributed by atoms with van der Waals surface area (Å²) in [6, 6.07) is 8.23. The molecule has 1 aromatic carbocycles. The number of aromatic nitrogens is 2. The second kappa shape index (κ2) is 4.70. The monoisotopic (exact) mass is 284 g/mol. The summed E-state index contributed by atoms with van der Waals surface area (Å²) in [6.07, 6.45) is 4.32. The Bertz CT molecular complexity index is 723. The van der Waals surface area contributed by atoms with Crippen molar-refractivity contribution in [1.29, 1.82) is 0 Å². The lowest BCUT2D eigenvalue weighted by Crippen LogP contribution is -2.21. The molecule has 0 amide bonds. The number of aromatic amines is 1. The topological polar surface area (TPSA) is 37.9 Å². The van der Waals surface area contributed by atoms with Gasteiger partial charge >= 0.3 is 0 Å². The highest BCUT2D eigenvalue weighted by molar-refractivity contribution is 7.71. The van der Waals surface area contributed by atoms with Crippen molar-refractivity contribution in [3.8, 4) is 5.75 Å². The van der Waals surface area contributed by atoms with Crippen LogP contribution in [0.4, 0.5) is 0 Å². The molecule has 3 nitrogen and oxygen atoms in total. The Kier molecular flexibility index (Phi) is 2.84. The van der Waals surface area contributed by atoms with Gasteiger partial charge in [-0.1, -0.05) is 30.4 Å². The van der Waals surface area contributed by atoms with E-state index in [4.69, 9.17) is 17.0 Å². The van der Waals surface area contributed by atoms with E-state index in [2.05, 4.69) is 22.1 Å². The summed E-state index contributed by atoms with van der Waals surface area (Å²) < 4.78 is 6.64. The number of rotatable bonds is 1. The van der Waals surface area contributed by atoms with E-state index in [1.165, 1.54) is 23.2 Å². The molecule has 0 saturated carbocycles. The number of fused-ring (bicyclic) bond motifs is 2. The van der Waals surface area contributed by atoms with E-state index in [0.29, 0.717) is 6.61 Å². The maximum atomic E-state index is 5.86. The van der Waals surface area contributed by atoms with Crippen LogP contribution in [0, 0.1) is 4.64 Å². The molecule has 1 aliphatic carbocycles. The third-order valence-corrected chi connectivity index (χ3v) is 4.58. The first kappa shape index (κ1) is 12.1. The quantitative estimate of drug-likeness (QED) is 0.816. The van der Waals surface area contributed by atoms with Gasteiger partial charge in [-0.05, 0) is 37.3 Å². The number of para-hydroxylation sites is 1. The van der Waals surface area contributed by atoms with Crippen molar-refractivity contribution in [3.05, 3.63) is 51.6 Å². The average Bonchev–Trinajstić information content (AvgIpc) is 2.96. The first-order valence-corrected chi connectivity index (χ1v) is 7.55. The highest BCUT2D eigenvalue weighted by Gasteiger charge is 2.24. The fraction of sp³-hybridized carbons (Fsp3) is 0.375. The van der Waals surface area contributed by atoms with E-state index < -0.39 is 0 Å². The minimum atomic E-state index is 0.275. The van der Waals surface area contributed by atoms with Gasteiger partial charge in [0.15, 0.2) is 0 Å². The summed E-state index contributed by atoms with van der Waals surface area (Å²) in [5.74, 6) is 2.27. The second-order valence-corrected chi connectivity index (χ2v) is 5.94. The van der Waals surface area contributed by atoms with Gasteiger partial charge in [-0.3, -0.25) is 0 Å². The number of hydrogen-bond donors (Lipinski definition) is 1. The number of aryl methyl sites for hydroxylation is 1. The molecule has 1 aliphatic heterocycles. The maximum Gasteiger partial charge on any atom is 0.133 e. The molecule has 0 saturated heterocycles. The molecule has 1 aromatic heterocycles. The number of nitrogens with zero attached hydrogens (tertiary/aromatic N) is 1. The molecule has 20 heavy (non-hydrogen) atoms. The largest absolute Gasteiger partial charge is 0.493 e. The molecule has 1 unspecified atom stereocenters. The summed E-state index contributed by atoms with van der Waals surface area (Å²) in [6.45, 7) is 0.675. The smallest absolute Gasteiger partial charge is 0.133 e. The van der Waals surface area contributed by atoms with E-state index in [0.717, 1.165) is 35.5 Å². The van der Waals surface area contributed by atoms with E-state index in [-0.39, 0.29) is 5.92 Å². The lowest BCUT2D eigenvalue weighted by Gasteiger charge is -2.25. The van der Waals surface area contributed by atoms with Crippen molar-refractivity contribution in [2.45, 2.75) is 31.6 Å². The molecular weight excluding hydrogens is 268 g/mol. The van der Waals surface area contributed by atoms with Crippen LogP contribution in [-0.2, 0) is 19.3 Å². The standard InChI is InChI=1S/C16H16N2OS/c20-16-12-5-3-6-13(12)17-15(18-16)11-8-10-4-1-2-7-14(10)19-9-11/h1-2,4,7,11H,3,5-6,8-9H2,(H,17,18,20). The van der Waals surface area contributed by atoms with Crippen LogP contribution in [0.15, 0.2) is 24.3 Å². The Morgan fingerprint density at radius 3 is 3.10 bits per heavy atom. The van der Waals surface area contributed by atoms with Crippen molar-refractivity contribution in [2.75, 3.05) is 6.61 Å². The van der Waals surface area contributed by atoms with Crippen LogP contribution in [0.3, 0.4) is 0 Å². The second-order valence-electron chi connectivity index (χ2n) is 5.56. The predicted molar refractivity (Wildman–Crippen MR) is 79.8 cm³/mol. The minimum absolute atomic E-state index is 0.275. The predicted octanol–water partition coefficient (Wildman–Crippen LogP) is 3.35. The fourth-order valence-corrected chi connectivity index (χ4v) is 3.50. The van der Waals surface area contributed by atoms with Gasteiger partial charge in [-0.15, -0.1) is 0 Å². The Morgan fingerprint density at radius 2 is 2.15 bits per heavy atom. The van der Waals surface area contributed by atoms with Gasteiger partial charge in [0.05, 0.1) is 12.5 Å². The first-order chi connectivity index (χ1) is 9.81. The van der Waals surface area contributed by atoms with Crippen LogP contribution in [0.5, 0.6) is 5.75 Å². The van der Waals surface area contributed by atoms with Crippen molar-refractivity contribution >= 4 is 12.2 Å². The first-order valence-electron chi connectivity index (χ1n) is 7.14. The molecule has 2 heterocycles. The molecule has 1 atom stereocenters. The van der Waals surface area contributed by atoms with Crippen LogP contribution in [0.25, 0.3) is 0 Å². The Labute approximate surface area is 123 Å². The van der Waals surface area contributed by atoms with Crippen molar-refractivity contribution in [3.63, 3.8) is 0 Å². The molecule has 0 spiro atoms. The van der Waals surface area contributed by atoms with Crippen molar-refractivity contribution < 1.29 is 4.74 Å². The van der Waals surface area contributed by atoms with Gasteiger partial charge in [0, 0.05) is 11.3 Å². The van der Waals surface area contributed by atoms with Gasteiger partial charge in [0.2, 0.25) is 0 Å². The van der Waals surface area contributed by atoms with Gasteiger partial charge in [0.25, 0.3) is 0 Å². The molecule has 2 aliphatic rings. The molecule has 4 heteroatoms. The minimum Gasteiger partial charge on any atom is -0.493 e. The van der Waals surface area contributed by atoms with Crippen LogP contribution < -0.4 is 4.74 Å². The zero-order valence-electron chi connectivity index (χ0n) is 11.2. The van der Waals surface area contributed by atoms with Gasteiger partial charge < -0.3 is 9.72 Å². The number of H-pyrrole nitrogens is 1. The van der Waals surface area contributed by atoms with Gasteiger partial charge in [0.1, 0.15) is 16.2 Å². The lowest BCUT2D eigenvalue weighted by molar-refractivity contribution is 0.257. The summed E-state index contributed by atoms with van der Waals surface area (Å²) >= 11 is 5.44. The normalized spacial score (nSPS) is 20.1. The molecule has 0 fully saturated rings. The van der Waals surface area contributed by atoms with Crippen LogP contribution >= 0.6 is 12.2 Å². The Morgan fingerprint density at radius 1 is 1.25 bits per heavy atom. The summed E-state index contributed by atoms with van der Waals surface area (Å²) in [5, 5.41) is 0. The maximum absolute atomic E-state index is 5.86. The summed E-state index contributed by atoms with van der Waals surface area (Å²) in [5.41, 5.74) is 3.80. The number of nitrogens with one attached hydrogen (secondary N) is 1. The summed E-state index contributed by atoms with van der Waals surface area (Å²) in [7, 11) is 0. The van der Waals surface area contributed by atoms with E-state index in [1.807, 2.05) is 12.1 Å². The molecule has 2 aromatic rings. The van der Waals surface area contributed by atoms with Crippen molar-refractivity contribution in [2.24, 2.45) is 0 Å². The molecular formula is C16H16N2OS. The fourth-order valence-electron chi connectivity index (χ4n) is 3.17. The molecule has 0 radical (unpaired) electrons. The van der Waals surface area contributed by atoms with E-state index >= 15 is 0 Å². The SMILES string of the molecule is S=c1nc(C2COc3ccccc3C2)[nH]c2c1CCC2. The molecule has 1 N–H and O–H groups in total. The lowest BCUT2D eigenvalue weighted by atomic mass is 9.96. The third kappa shape index (κ3) is 1.95. The van der Waals surface area contributed by atoms with E-state index in [1.54, 1.807) is 0 Å². The zero-order valence-corrected chi connectivity index (χ0v) is 12.0. The van der Waals surface area contributed by atoms with Crippen LogP contribution in [0.2, 0.25) is 0 Å². The van der Waals surface area contributed by atoms with Gasteiger partial charge in [-0.2, -0.15) is 0 Å². The van der Waals surface area contributed by atoms with Gasteiger partial charge in [-0.25, -0.2) is 4.98 Å². The van der Waals surface area contributed by atoms with Crippen molar-refractivity contribution in [1.82, 2.24) is 9.97 Å². The Balaban J connectivity index is 1.70. The number of ether oxygens (including phenoxy) is 1. The molecule has 4 rings (SSSR count). The average molecular weight is 284 g/mol. The molecule has 102 valence electrons. The molecule has 0 bridgehead atoms. The number of benzene rings is 1. The Hall–Kier alpha value is -1.68. The zero-order chi connectivity index (χ0) is 13.5. The van der Waals surface area contributed by atoms with Crippen LogP contribution in [-0.4, -0.2) is 16.6 Å².